The second kappa shape index (κ2) is 6.38. The van der Waals surface area contributed by atoms with E-state index in [0.29, 0.717) is 12.0 Å². The molecule has 3 nitrogen and oxygen atoms in total. The van der Waals surface area contributed by atoms with Crippen LogP contribution in [0.4, 0.5) is 0 Å². The average Bonchev–Trinajstić information content (AvgIpc) is 2.59. The van der Waals surface area contributed by atoms with Gasteiger partial charge < -0.3 is 15.5 Å². The minimum Gasteiger partial charge on any atom is -0.396 e. The molecule has 0 aromatic rings. The largest absolute Gasteiger partial charge is 0.396 e. The number of aliphatic hydroxyl groups is 2. The number of hydrogen-bond acceptors (Lipinski definition) is 3. The van der Waals surface area contributed by atoms with Gasteiger partial charge in [0.2, 0.25) is 0 Å². The lowest BCUT2D eigenvalue weighted by atomic mass is 10.0. The molecule has 3 atom stereocenters. The summed E-state index contributed by atoms with van der Waals surface area (Å²) in [5, 5.41) is 21.8. The van der Waals surface area contributed by atoms with E-state index in [-0.39, 0.29) is 12.7 Å². The van der Waals surface area contributed by atoms with E-state index >= 15 is 0 Å². The van der Waals surface area contributed by atoms with Crippen LogP contribution < -0.4 is 5.32 Å². The van der Waals surface area contributed by atoms with Crippen LogP contribution in [0.5, 0.6) is 0 Å². The molecule has 1 fully saturated rings. The van der Waals surface area contributed by atoms with Crippen molar-refractivity contribution in [2.45, 2.75) is 51.2 Å². The zero-order chi connectivity index (χ0) is 10.4. The number of rotatable bonds is 6. The fourth-order valence-electron chi connectivity index (χ4n) is 2.13. The van der Waals surface area contributed by atoms with Gasteiger partial charge >= 0.3 is 0 Å². The molecule has 0 amide bonds. The van der Waals surface area contributed by atoms with Crippen molar-refractivity contribution in [3.05, 3.63) is 0 Å². The predicted molar refractivity (Wildman–Crippen MR) is 57.1 cm³/mol. The van der Waals surface area contributed by atoms with Gasteiger partial charge in [-0.15, -0.1) is 0 Å². The summed E-state index contributed by atoms with van der Waals surface area (Å²) in [6, 6.07) is 0.294. The third kappa shape index (κ3) is 3.56. The van der Waals surface area contributed by atoms with E-state index in [0.717, 1.165) is 38.6 Å². The maximum Gasteiger partial charge on any atom is 0.0693 e. The van der Waals surface area contributed by atoms with E-state index in [2.05, 4.69) is 12.2 Å². The van der Waals surface area contributed by atoms with Gasteiger partial charge in [0.15, 0.2) is 0 Å². The molecule has 0 heterocycles. The first-order valence-corrected chi connectivity index (χ1v) is 5.80. The van der Waals surface area contributed by atoms with E-state index in [1.165, 1.54) is 0 Å². The highest BCUT2D eigenvalue weighted by Crippen LogP contribution is 2.19. The van der Waals surface area contributed by atoms with Crippen LogP contribution in [0.25, 0.3) is 0 Å². The maximum absolute atomic E-state index is 9.59. The zero-order valence-corrected chi connectivity index (χ0v) is 9.08. The van der Waals surface area contributed by atoms with Crippen LogP contribution in [-0.2, 0) is 0 Å². The molecular weight excluding hydrogens is 178 g/mol. The third-order valence-corrected chi connectivity index (χ3v) is 3.26. The summed E-state index contributed by atoms with van der Waals surface area (Å²) in [5.41, 5.74) is 0. The average molecular weight is 201 g/mol. The number of hydrogen-bond donors (Lipinski definition) is 3. The molecule has 0 spiro atoms. The lowest BCUT2D eigenvalue weighted by molar-refractivity contribution is 0.144. The van der Waals surface area contributed by atoms with Gasteiger partial charge in [-0.3, -0.25) is 0 Å². The first-order chi connectivity index (χ1) is 6.77. The summed E-state index contributed by atoms with van der Waals surface area (Å²) in [6.07, 6.45) is 4.98. The molecule has 0 radical (unpaired) electrons. The second-order valence-corrected chi connectivity index (χ2v) is 4.30. The Hall–Kier alpha value is -0.120. The SMILES string of the molecule is CCC(CCO)CN[C@@H]1CCC[C@H]1O. The summed E-state index contributed by atoms with van der Waals surface area (Å²) < 4.78 is 0. The first-order valence-electron chi connectivity index (χ1n) is 5.80. The van der Waals surface area contributed by atoms with Gasteiger partial charge in [0.05, 0.1) is 6.10 Å². The Bertz CT molecular complexity index is 152. The smallest absolute Gasteiger partial charge is 0.0693 e. The van der Waals surface area contributed by atoms with Crippen molar-refractivity contribution in [3.8, 4) is 0 Å². The monoisotopic (exact) mass is 201 g/mol. The Morgan fingerprint density at radius 3 is 2.71 bits per heavy atom. The van der Waals surface area contributed by atoms with Crippen molar-refractivity contribution in [1.82, 2.24) is 5.32 Å². The van der Waals surface area contributed by atoms with Gasteiger partial charge in [0.1, 0.15) is 0 Å². The molecule has 3 heteroatoms. The Morgan fingerprint density at radius 2 is 2.21 bits per heavy atom. The maximum atomic E-state index is 9.59. The Balaban J connectivity index is 2.17. The van der Waals surface area contributed by atoms with E-state index in [9.17, 15) is 5.11 Å². The molecule has 14 heavy (non-hydrogen) atoms. The molecule has 0 bridgehead atoms. The summed E-state index contributed by atoms with van der Waals surface area (Å²) in [4.78, 5) is 0. The van der Waals surface area contributed by atoms with Crippen molar-refractivity contribution < 1.29 is 10.2 Å². The Kier molecular flexibility index (Phi) is 5.45. The van der Waals surface area contributed by atoms with Gasteiger partial charge in [-0.25, -0.2) is 0 Å². The quantitative estimate of drug-likeness (QED) is 0.598. The lowest BCUT2D eigenvalue weighted by Crippen LogP contribution is -2.38. The summed E-state index contributed by atoms with van der Waals surface area (Å²) in [6.45, 7) is 3.35. The molecule has 1 aliphatic rings. The van der Waals surface area contributed by atoms with E-state index in [1.54, 1.807) is 0 Å². The fourth-order valence-corrected chi connectivity index (χ4v) is 2.13. The van der Waals surface area contributed by atoms with Crippen molar-refractivity contribution >= 4 is 0 Å². The highest BCUT2D eigenvalue weighted by Gasteiger charge is 2.24. The molecule has 0 aliphatic heterocycles. The lowest BCUT2D eigenvalue weighted by Gasteiger charge is -2.20. The van der Waals surface area contributed by atoms with E-state index in [1.807, 2.05) is 0 Å². The normalized spacial score (nSPS) is 29.4. The minimum absolute atomic E-state index is 0.151. The van der Waals surface area contributed by atoms with Gasteiger partial charge in [-0.05, 0) is 38.1 Å². The molecule has 0 saturated heterocycles. The first kappa shape index (κ1) is 12.0. The van der Waals surface area contributed by atoms with Crippen molar-refractivity contribution in [1.29, 1.82) is 0 Å². The van der Waals surface area contributed by atoms with Crippen molar-refractivity contribution in [2.24, 2.45) is 5.92 Å². The minimum atomic E-state index is -0.151. The van der Waals surface area contributed by atoms with Crippen molar-refractivity contribution in [2.75, 3.05) is 13.2 Å². The van der Waals surface area contributed by atoms with E-state index in [4.69, 9.17) is 5.11 Å². The van der Waals surface area contributed by atoms with Crippen LogP contribution in [-0.4, -0.2) is 35.5 Å². The third-order valence-electron chi connectivity index (χ3n) is 3.26. The number of nitrogens with one attached hydrogen (secondary N) is 1. The van der Waals surface area contributed by atoms with E-state index < -0.39 is 0 Å². The molecular formula is C11H23NO2. The molecule has 3 N–H and O–H groups in total. The van der Waals surface area contributed by atoms with Crippen LogP contribution in [0.1, 0.15) is 39.0 Å². The summed E-state index contributed by atoms with van der Waals surface area (Å²) in [5.74, 6) is 0.549. The van der Waals surface area contributed by atoms with Gasteiger partial charge in [0.25, 0.3) is 0 Å². The summed E-state index contributed by atoms with van der Waals surface area (Å²) >= 11 is 0. The van der Waals surface area contributed by atoms with Crippen LogP contribution in [0, 0.1) is 5.92 Å². The van der Waals surface area contributed by atoms with Crippen LogP contribution in [0.3, 0.4) is 0 Å². The highest BCUT2D eigenvalue weighted by atomic mass is 16.3. The molecule has 0 aromatic carbocycles. The highest BCUT2D eigenvalue weighted by molar-refractivity contribution is 4.83. The zero-order valence-electron chi connectivity index (χ0n) is 9.08. The second-order valence-electron chi connectivity index (χ2n) is 4.30. The predicted octanol–water partition coefficient (Wildman–Crippen LogP) is 0.898. The topological polar surface area (TPSA) is 52.5 Å². The number of aliphatic hydroxyl groups excluding tert-OH is 2. The molecule has 1 saturated carbocycles. The molecule has 0 aromatic heterocycles. The van der Waals surface area contributed by atoms with Crippen LogP contribution >= 0.6 is 0 Å². The Morgan fingerprint density at radius 1 is 1.43 bits per heavy atom. The molecule has 1 unspecified atom stereocenters. The molecule has 1 aliphatic carbocycles. The van der Waals surface area contributed by atoms with Crippen molar-refractivity contribution in [3.63, 3.8) is 0 Å². The van der Waals surface area contributed by atoms with Crippen LogP contribution in [0.15, 0.2) is 0 Å². The van der Waals surface area contributed by atoms with Crippen LogP contribution in [0.2, 0.25) is 0 Å². The standard InChI is InChI=1S/C11H23NO2/c1-2-9(6-7-13)8-12-10-4-3-5-11(10)14/h9-14H,2-8H2,1H3/t9?,10-,11-/m1/s1. The molecule has 1 rings (SSSR count). The van der Waals surface area contributed by atoms with Gasteiger partial charge in [0, 0.05) is 12.6 Å². The van der Waals surface area contributed by atoms with Gasteiger partial charge in [-0.1, -0.05) is 13.3 Å². The summed E-state index contributed by atoms with van der Waals surface area (Å²) in [7, 11) is 0. The van der Waals surface area contributed by atoms with Gasteiger partial charge in [-0.2, -0.15) is 0 Å². The fraction of sp³-hybridized carbons (Fsp3) is 1.00. The Labute approximate surface area is 86.5 Å². The molecule has 84 valence electrons.